The monoisotopic (exact) mass is 400 g/mol. The third-order valence-electron chi connectivity index (χ3n) is 3.42. The Morgan fingerprint density at radius 1 is 0.964 bits per heavy atom. The maximum absolute atomic E-state index is 12.1. The number of nitrogen functional groups attached to an aromatic ring is 1. The van der Waals surface area contributed by atoms with Crippen LogP contribution in [0, 0.1) is 13.8 Å². The molecule has 0 amide bonds. The van der Waals surface area contributed by atoms with Crippen LogP contribution < -0.4 is 10.5 Å². The van der Waals surface area contributed by atoms with Crippen LogP contribution in [0.1, 0.15) is 21.7 Å². The molecule has 0 unspecified atom stereocenters. The number of anilines is 2. The number of aromatic carboxylic acids is 1. The summed E-state index contributed by atoms with van der Waals surface area (Å²) < 4.78 is 26.6. The predicted octanol–water partition coefficient (Wildman–Crippen LogP) is 2.86. The predicted molar refractivity (Wildman–Crippen MR) is 107 cm³/mol. The van der Waals surface area contributed by atoms with Gasteiger partial charge in [0, 0.05) is 17.1 Å². The third kappa shape index (κ3) is 6.06. The molecule has 9 heteroatoms. The Labute approximate surface area is 163 Å². The molecule has 0 aliphatic rings. The maximum atomic E-state index is 12.1. The minimum absolute atomic E-state index is 0.0642. The second-order valence-electron chi connectivity index (χ2n) is 5.82. The summed E-state index contributed by atoms with van der Waals surface area (Å²) in [5.41, 5.74) is 7.75. The van der Waals surface area contributed by atoms with Crippen LogP contribution in [-0.2, 0) is 10.0 Å². The molecule has 0 atom stereocenters. The second-order valence-corrected chi connectivity index (χ2v) is 7.50. The summed E-state index contributed by atoms with van der Waals surface area (Å²) in [4.78, 5) is 18.4. The molecule has 28 heavy (non-hydrogen) atoms. The van der Waals surface area contributed by atoms with Crippen LogP contribution in [0.4, 0.5) is 11.6 Å². The third-order valence-corrected chi connectivity index (χ3v) is 4.76. The molecule has 0 radical (unpaired) electrons. The number of sulfonamides is 1. The molecule has 3 aromatic rings. The topological polar surface area (TPSA) is 135 Å². The van der Waals surface area contributed by atoms with Crippen molar-refractivity contribution >= 4 is 27.6 Å². The molecule has 0 fully saturated rings. The quantitative estimate of drug-likeness (QED) is 0.573. The van der Waals surface area contributed by atoms with Gasteiger partial charge >= 0.3 is 5.97 Å². The van der Waals surface area contributed by atoms with E-state index in [0.717, 1.165) is 0 Å². The lowest BCUT2D eigenvalue weighted by atomic mass is 10.2. The van der Waals surface area contributed by atoms with Crippen LogP contribution in [0.5, 0.6) is 0 Å². The summed E-state index contributed by atoms with van der Waals surface area (Å²) in [5, 5.41) is 8.38. The molecule has 146 valence electrons. The Morgan fingerprint density at radius 2 is 1.50 bits per heavy atom. The van der Waals surface area contributed by atoms with Crippen LogP contribution in [-0.4, -0.2) is 29.5 Å². The highest BCUT2D eigenvalue weighted by atomic mass is 32.2. The number of carbonyl (C=O) groups is 1. The van der Waals surface area contributed by atoms with Crippen molar-refractivity contribution < 1.29 is 18.3 Å². The Bertz CT molecular complexity index is 1030. The van der Waals surface area contributed by atoms with E-state index in [-0.39, 0.29) is 10.8 Å². The van der Waals surface area contributed by atoms with Gasteiger partial charge in [0.15, 0.2) is 0 Å². The lowest BCUT2D eigenvalue weighted by Gasteiger charge is -2.08. The highest BCUT2D eigenvalue weighted by Crippen LogP contribution is 2.15. The van der Waals surface area contributed by atoms with E-state index >= 15 is 0 Å². The van der Waals surface area contributed by atoms with Gasteiger partial charge in [0.05, 0.1) is 10.5 Å². The van der Waals surface area contributed by atoms with E-state index in [1.165, 1.54) is 24.3 Å². The Kier molecular flexibility index (Phi) is 6.67. The van der Waals surface area contributed by atoms with E-state index in [0.29, 0.717) is 22.6 Å². The summed E-state index contributed by atoms with van der Waals surface area (Å²) >= 11 is 0. The van der Waals surface area contributed by atoms with Gasteiger partial charge in [-0.1, -0.05) is 18.2 Å². The molecule has 0 saturated heterocycles. The lowest BCUT2D eigenvalue weighted by molar-refractivity contribution is 0.0697. The van der Waals surface area contributed by atoms with Crippen molar-refractivity contribution in [3.63, 3.8) is 0 Å². The van der Waals surface area contributed by atoms with Crippen LogP contribution in [0.25, 0.3) is 0 Å². The number of aromatic nitrogens is 2. The van der Waals surface area contributed by atoms with Gasteiger partial charge in [-0.15, -0.1) is 0 Å². The Hall–Kier alpha value is -3.46. The molecule has 0 aliphatic carbocycles. The van der Waals surface area contributed by atoms with Gasteiger partial charge in [0.25, 0.3) is 10.0 Å². The van der Waals surface area contributed by atoms with Gasteiger partial charge < -0.3 is 10.8 Å². The average molecular weight is 400 g/mol. The summed E-state index contributed by atoms with van der Waals surface area (Å²) in [7, 11) is -3.69. The van der Waals surface area contributed by atoms with E-state index in [4.69, 9.17) is 10.8 Å². The van der Waals surface area contributed by atoms with Crippen LogP contribution >= 0.6 is 0 Å². The van der Waals surface area contributed by atoms with Crippen molar-refractivity contribution in [3.8, 4) is 0 Å². The summed E-state index contributed by atoms with van der Waals surface area (Å²) in [6, 6.07) is 16.0. The lowest BCUT2D eigenvalue weighted by Crippen LogP contribution is -2.15. The van der Waals surface area contributed by atoms with Crippen LogP contribution in [0.2, 0.25) is 0 Å². The molecule has 4 N–H and O–H groups in total. The second kappa shape index (κ2) is 8.96. The van der Waals surface area contributed by atoms with Crippen molar-refractivity contribution in [1.29, 1.82) is 0 Å². The average Bonchev–Trinajstić information content (AvgIpc) is 2.62. The normalized spacial score (nSPS) is 10.5. The zero-order valence-electron chi connectivity index (χ0n) is 15.3. The number of nitrogens with zero attached hydrogens (tertiary/aromatic N) is 2. The van der Waals surface area contributed by atoms with E-state index in [9.17, 15) is 13.2 Å². The summed E-state index contributed by atoms with van der Waals surface area (Å²) in [5.74, 6) is -0.815. The van der Waals surface area contributed by atoms with E-state index in [1.54, 1.807) is 50.2 Å². The fourth-order valence-electron chi connectivity index (χ4n) is 2.18. The standard InChI is InChI=1S/C12H14N4O2S.C7H6O2/c1-8-7-9(2)15-12(14-8)16-19(17,18)11-5-3-10(13)4-6-11;8-7(9)6-4-2-1-3-5-6/h3-7H,13H2,1-2H3,(H,14,15,16);1-5H,(H,8,9). The molecule has 2 aromatic carbocycles. The molecule has 1 aromatic heterocycles. The fraction of sp³-hybridized carbons (Fsp3) is 0.105. The number of hydrogen-bond donors (Lipinski definition) is 3. The van der Waals surface area contributed by atoms with Gasteiger partial charge in [-0.05, 0) is 56.3 Å². The molecule has 0 aliphatic heterocycles. The largest absolute Gasteiger partial charge is 0.478 e. The number of aryl methyl sites for hydroxylation is 2. The molecule has 3 rings (SSSR count). The number of carboxylic acids is 1. The molecule has 0 bridgehead atoms. The van der Waals surface area contributed by atoms with Crippen molar-refractivity contribution in [2.45, 2.75) is 18.7 Å². The minimum atomic E-state index is -3.69. The van der Waals surface area contributed by atoms with E-state index in [1.807, 2.05) is 0 Å². The zero-order chi connectivity index (χ0) is 20.7. The highest BCUT2D eigenvalue weighted by Gasteiger charge is 2.15. The molecule has 8 nitrogen and oxygen atoms in total. The van der Waals surface area contributed by atoms with E-state index < -0.39 is 16.0 Å². The first kappa shape index (κ1) is 20.8. The smallest absolute Gasteiger partial charge is 0.335 e. The van der Waals surface area contributed by atoms with Crippen molar-refractivity contribution in [3.05, 3.63) is 77.6 Å². The van der Waals surface area contributed by atoms with Crippen molar-refractivity contribution in [2.24, 2.45) is 0 Å². The fourth-order valence-corrected chi connectivity index (χ4v) is 3.12. The number of rotatable bonds is 4. The van der Waals surface area contributed by atoms with Crippen LogP contribution in [0.3, 0.4) is 0 Å². The van der Waals surface area contributed by atoms with Crippen molar-refractivity contribution in [1.82, 2.24) is 9.97 Å². The zero-order valence-corrected chi connectivity index (χ0v) is 16.1. The molecular formula is C19H20N4O4S. The number of nitrogens with two attached hydrogens (primary N) is 1. The van der Waals surface area contributed by atoms with Gasteiger partial charge in [-0.3, -0.25) is 0 Å². The summed E-state index contributed by atoms with van der Waals surface area (Å²) in [6.07, 6.45) is 0. The maximum Gasteiger partial charge on any atom is 0.335 e. The SMILES string of the molecule is Cc1cc(C)nc(NS(=O)(=O)c2ccc(N)cc2)n1.O=C(O)c1ccccc1. The minimum Gasteiger partial charge on any atom is -0.478 e. The highest BCUT2D eigenvalue weighted by molar-refractivity contribution is 7.92. The van der Waals surface area contributed by atoms with Gasteiger partial charge in [-0.25, -0.2) is 27.9 Å². The number of benzene rings is 2. The first-order valence-electron chi connectivity index (χ1n) is 8.16. The molecule has 0 spiro atoms. The van der Waals surface area contributed by atoms with Crippen molar-refractivity contribution in [2.75, 3.05) is 10.5 Å². The number of carboxylic acid groups (broad SMARTS) is 1. The van der Waals surface area contributed by atoms with Gasteiger partial charge in [-0.2, -0.15) is 0 Å². The van der Waals surface area contributed by atoms with E-state index in [2.05, 4.69) is 14.7 Å². The number of nitrogens with one attached hydrogen (secondary N) is 1. The first-order chi connectivity index (χ1) is 13.2. The number of hydrogen-bond acceptors (Lipinski definition) is 6. The Morgan fingerprint density at radius 3 is 1.96 bits per heavy atom. The van der Waals surface area contributed by atoms with Gasteiger partial charge in [0.1, 0.15) is 0 Å². The Balaban J connectivity index is 0.000000261. The molecule has 1 heterocycles. The first-order valence-corrected chi connectivity index (χ1v) is 9.64. The summed E-state index contributed by atoms with van der Waals surface area (Å²) in [6.45, 7) is 3.55. The molecular weight excluding hydrogens is 380 g/mol. The van der Waals surface area contributed by atoms with Gasteiger partial charge in [0.2, 0.25) is 5.95 Å². The van der Waals surface area contributed by atoms with Crippen LogP contribution in [0.15, 0.2) is 65.6 Å². The molecule has 0 saturated carbocycles.